The standard InChI is InChI=1S/C27H42ClN3O.ClH/c1-3-31(4-2)11-10-29-9-5-6-20-7-8-25(28)24(15-20)26(32)30-19-27-16-21-12-22(17-27)14-23(13-21)18-27;/h7-8,15,21-23,29H,3-6,9-14,16-19H2,1-2H3,(H,30,32);1H. The summed E-state index contributed by atoms with van der Waals surface area (Å²) in [5, 5.41) is 7.39. The molecule has 0 atom stereocenters. The lowest BCUT2D eigenvalue weighted by Crippen LogP contribution is -2.51. The van der Waals surface area contributed by atoms with Gasteiger partial charge in [-0.1, -0.05) is 31.5 Å². The number of hydrogen-bond acceptors (Lipinski definition) is 3. The molecule has 6 heteroatoms. The van der Waals surface area contributed by atoms with Crippen molar-refractivity contribution in [2.45, 2.75) is 65.2 Å². The molecule has 0 radical (unpaired) electrons. The zero-order valence-corrected chi connectivity index (χ0v) is 22.1. The number of benzene rings is 1. The minimum absolute atomic E-state index is 0. The summed E-state index contributed by atoms with van der Waals surface area (Å²) < 4.78 is 0. The van der Waals surface area contributed by atoms with Crippen molar-refractivity contribution in [3.63, 3.8) is 0 Å². The van der Waals surface area contributed by atoms with Gasteiger partial charge in [-0.3, -0.25) is 4.79 Å². The van der Waals surface area contributed by atoms with Crippen molar-refractivity contribution in [3.8, 4) is 0 Å². The van der Waals surface area contributed by atoms with Crippen molar-refractivity contribution in [2.24, 2.45) is 23.2 Å². The molecule has 2 N–H and O–H groups in total. The summed E-state index contributed by atoms with van der Waals surface area (Å²) in [6, 6.07) is 5.96. The minimum Gasteiger partial charge on any atom is -0.351 e. The monoisotopic (exact) mass is 495 g/mol. The Morgan fingerprint density at radius 3 is 2.30 bits per heavy atom. The van der Waals surface area contributed by atoms with Crippen LogP contribution in [0.4, 0.5) is 0 Å². The van der Waals surface area contributed by atoms with Crippen LogP contribution in [0.1, 0.15) is 74.7 Å². The molecule has 0 aromatic heterocycles. The normalized spacial score (nSPS) is 27.6. The maximum atomic E-state index is 13.0. The zero-order valence-electron chi connectivity index (χ0n) is 20.5. The average molecular weight is 497 g/mol. The van der Waals surface area contributed by atoms with E-state index in [-0.39, 0.29) is 18.3 Å². The quantitative estimate of drug-likeness (QED) is 0.372. The molecule has 0 spiro atoms. The van der Waals surface area contributed by atoms with Gasteiger partial charge in [0, 0.05) is 19.6 Å². The molecule has 0 unspecified atom stereocenters. The second-order valence-electron chi connectivity index (χ2n) is 10.8. The Kier molecular flexibility index (Phi) is 9.94. The summed E-state index contributed by atoms with van der Waals surface area (Å²) >= 11 is 6.43. The number of nitrogens with one attached hydrogen (secondary N) is 2. The highest BCUT2D eigenvalue weighted by atomic mass is 35.5. The molecule has 5 rings (SSSR count). The molecular formula is C27H43Cl2N3O. The highest BCUT2D eigenvalue weighted by Gasteiger charge is 2.50. The molecule has 4 aliphatic rings. The second kappa shape index (κ2) is 12.2. The Morgan fingerprint density at radius 2 is 1.70 bits per heavy atom. The molecule has 186 valence electrons. The molecule has 4 fully saturated rings. The van der Waals surface area contributed by atoms with E-state index < -0.39 is 0 Å². The third-order valence-electron chi connectivity index (χ3n) is 8.38. The third-order valence-corrected chi connectivity index (χ3v) is 8.71. The Balaban J connectivity index is 0.00000306. The van der Waals surface area contributed by atoms with Crippen LogP contribution in [0, 0.1) is 23.2 Å². The van der Waals surface area contributed by atoms with Crippen molar-refractivity contribution in [3.05, 3.63) is 34.3 Å². The molecule has 4 saturated carbocycles. The summed E-state index contributed by atoms with van der Waals surface area (Å²) in [4.78, 5) is 15.5. The average Bonchev–Trinajstić information content (AvgIpc) is 2.77. The van der Waals surface area contributed by atoms with E-state index in [1.807, 2.05) is 12.1 Å². The number of aryl methyl sites for hydroxylation is 1. The highest BCUT2D eigenvalue weighted by molar-refractivity contribution is 6.33. The molecule has 1 aromatic carbocycles. The predicted octanol–water partition coefficient (Wildman–Crippen LogP) is 5.57. The number of nitrogens with zero attached hydrogens (tertiary/aromatic N) is 1. The van der Waals surface area contributed by atoms with E-state index in [0.717, 1.165) is 69.9 Å². The molecule has 1 amide bonds. The Labute approximate surface area is 212 Å². The second-order valence-corrected chi connectivity index (χ2v) is 11.2. The number of hydrogen-bond donors (Lipinski definition) is 2. The van der Waals surface area contributed by atoms with Gasteiger partial charge in [-0.2, -0.15) is 0 Å². The molecule has 4 aliphatic carbocycles. The van der Waals surface area contributed by atoms with E-state index in [9.17, 15) is 4.79 Å². The number of rotatable bonds is 12. The van der Waals surface area contributed by atoms with Crippen LogP contribution in [-0.4, -0.2) is 50.1 Å². The van der Waals surface area contributed by atoms with Gasteiger partial charge in [-0.25, -0.2) is 0 Å². The molecule has 4 bridgehead atoms. The maximum Gasteiger partial charge on any atom is 0.252 e. The zero-order chi connectivity index (χ0) is 22.6. The molecule has 0 aliphatic heterocycles. The van der Waals surface area contributed by atoms with Crippen molar-refractivity contribution < 1.29 is 4.79 Å². The summed E-state index contributed by atoms with van der Waals surface area (Å²) in [6.45, 7) is 10.6. The largest absolute Gasteiger partial charge is 0.351 e. The Bertz CT molecular complexity index is 745. The van der Waals surface area contributed by atoms with Gasteiger partial charge < -0.3 is 15.5 Å². The van der Waals surface area contributed by atoms with Gasteiger partial charge in [-0.15, -0.1) is 12.4 Å². The third kappa shape index (κ3) is 6.87. The topological polar surface area (TPSA) is 44.4 Å². The molecule has 33 heavy (non-hydrogen) atoms. The van der Waals surface area contributed by atoms with Crippen LogP contribution in [0.5, 0.6) is 0 Å². The van der Waals surface area contributed by atoms with E-state index in [1.165, 1.54) is 44.1 Å². The number of amides is 1. The first-order valence-electron chi connectivity index (χ1n) is 13.0. The fraction of sp³-hybridized carbons (Fsp3) is 0.741. The number of carbonyl (C=O) groups is 1. The molecule has 1 aromatic rings. The van der Waals surface area contributed by atoms with Crippen molar-refractivity contribution in [1.29, 1.82) is 0 Å². The van der Waals surface area contributed by atoms with Crippen LogP contribution < -0.4 is 10.6 Å². The van der Waals surface area contributed by atoms with Crippen LogP contribution in [0.25, 0.3) is 0 Å². The summed E-state index contributed by atoms with van der Waals surface area (Å²) in [6.07, 6.45) is 10.3. The number of halogens is 2. The highest BCUT2D eigenvalue weighted by Crippen LogP contribution is 2.59. The van der Waals surface area contributed by atoms with Crippen LogP contribution in [0.3, 0.4) is 0 Å². The van der Waals surface area contributed by atoms with E-state index in [1.54, 1.807) is 0 Å². The molecule has 4 nitrogen and oxygen atoms in total. The van der Waals surface area contributed by atoms with E-state index in [4.69, 9.17) is 11.6 Å². The molecular weight excluding hydrogens is 453 g/mol. The predicted molar refractivity (Wildman–Crippen MR) is 141 cm³/mol. The Hall–Kier alpha value is -0.810. The van der Waals surface area contributed by atoms with Gasteiger partial charge in [0.15, 0.2) is 0 Å². The fourth-order valence-corrected chi connectivity index (χ4v) is 7.29. The van der Waals surface area contributed by atoms with Crippen LogP contribution >= 0.6 is 24.0 Å². The van der Waals surface area contributed by atoms with Crippen molar-refractivity contribution in [1.82, 2.24) is 15.5 Å². The van der Waals surface area contributed by atoms with E-state index in [0.29, 0.717) is 16.0 Å². The van der Waals surface area contributed by atoms with Gasteiger partial charge in [0.05, 0.1) is 10.6 Å². The molecule has 0 heterocycles. The van der Waals surface area contributed by atoms with Crippen LogP contribution in [0.15, 0.2) is 18.2 Å². The Morgan fingerprint density at radius 1 is 1.06 bits per heavy atom. The van der Waals surface area contributed by atoms with Gasteiger partial charge in [0.1, 0.15) is 0 Å². The lowest BCUT2D eigenvalue weighted by molar-refractivity contribution is -0.0503. The van der Waals surface area contributed by atoms with Crippen molar-refractivity contribution in [2.75, 3.05) is 39.3 Å². The summed E-state index contributed by atoms with van der Waals surface area (Å²) in [5.41, 5.74) is 2.19. The van der Waals surface area contributed by atoms with Crippen LogP contribution in [0.2, 0.25) is 5.02 Å². The van der Waals surface area contributed by atoms with Crippen molar-refractivity contribution >= 4 is 29.9 Å². The number of likely N-dealkylation sites (N-methyl/N-ethyl adjacent to an activating group) is 1. The smallest absolute Gasteiger partial charge is 0.252 e. The SMILES string of the molecule is CCN(CC)CCNCCCc1ccc(Cl)c(C(=O)NCC23CC4CC(CC(C4)C2)C3)c1.Cl. The lowest BCUT2D eigenvalue weighted by atomic mass is 9.49. The summed E-state index contributed by atoms with van der Waals surface area (Å²) in [7, 11) is 0. The first-order chi connectivity index (χ1) is 15.5. The van der Waals surface area contributed by atoms with E-state index in [2.05, 4.69) is 35.4 Å². The maximum absolute atomic E-state index is 13.0. The van der Waals surface area contributed by atoms with E-state index >= 15 is 0 Å². The fourth-order valence-electron chi connectivity index (χ4n) is 7.09. The lowest BCUT2D eigenvalue weighted by Gasteiger charge is -2.56. The molecule has 0 saturated heterocycles. The van der Waals surface area contributed by atoms with Gasteiger partial charge in [-0.05, 0) is 112 Å². The van der Waals surface area contributed by atoms with Gasteiger partial charge in [0.2, 0.25) is 0 Å². The number of carbonyl (C=O) groups excluding carboxylic acids is 1. The minimum atomic E-state index is 0. The first-order valence-corrected chi connectivity index (χ1v) is 13.4. The van der Waals surface area contributed by atoms with Crippen LogP contribution in [-0.2, 0) is 6.42 Å². The van der Waals surface area contributed by atoms with Gasteiger partial charge >= 0.3 is 0 Å². The van der Waals surface area contributed by atoms with Gasteiger partial charge in [0.25, 0.3) is 5.91 Å². The summed E-state index contributed by atoms with van der Waals surface area (Å²) in [5.74, 6) is 2.73. The first kappa shape index (κ1) is 26.8.